The number of carbonyl (C=O) groups is 3. The number of nitrogens with one attached hydrogen (secondary N) is 3. The van der Waals surface area contributed by atoms with E-state index in [1.807, 2.05) is 19.9 Å². The van der Waals surface area contributed by atoms with Crippen LogP contribution in [-0.2, 0) is 9.59 Å². The summed E-state index contributed by atoms with van der Waals surface area (Å²) in [4.78, 5) is 35.6. The van der Waals surface area contributed by atoms with Gasteiger partial charge in [0.1, 0.15) is 0 Å². The van der Waals surface area contributed by atoms with Crippen LogP contribution in [0.5, 0.6) is 0 Å². The fraction of sp³-hybridized carbons (Fsp3) is 0.250. The van der Waals surface area contributed by atoms with Crippen molar-refractivity contribution in [2.45, 2.75) is 20.3 Å². The summed E-state index contributed by atoms with van der Waals surface area (Å²) >= 11 is 0. The third-order valence-electron chi connectivity index (χ3n) is 3.49. The monoisotopic (exact) mass is 353 g/mol. The smallest absolute Gasteiger partial charge is 0.251 e. The van der Waals surface area contributed by atoms with Crippen LogP contribution < -0.4 is 16.0 Å². The summed E-state index contributed by atoms with van der Waals surface area (Å²) in [7, 11) is 0. The van der Waals surface area contributed by atoms with Crippen molar-refractivity contribution in [1.29, 1.82) is 0 Å². The van der Waals surface area contributed by atoms with E-state index in [1.54, 1.807) is 48.5 Å². The summed E-state index contributed by atoms with van der Waals surface area (Å²) in [6.07, 6.45) is 0.458. The number of rotatable bonds is 7. The maximum Gasteiger partial charge on any atom is 0.251 e. The van der Waals surface area contributed by atoms with Gasteiger partial charge in [0.2, 0.25) is 11.8 Å². The van der Waals surface area contributed by atoms with Crippen molar-refractivity contribution < 1.29 is 14.4 Å². The summed E-state index contributed by atoms with van der Waals surface area (Å²) in [6, 6.07) is 15.5. The lowest BCUT2D eigenvalue weighted by Gasteiger charge is -2.09. The van der Waals surface area contributed by atoms with Crippen LogP contribution in [0.4, 0.5) is 11.4 Å². The average Bonchev–Trinajstić information content (AvgIpc) is 2.61. The lowest BCUT2D eigenvalue weighted by Crippen LogP contribution is -2.32. The molecule has 0 bridgehead atoms. The first-order valence-corrected chi connectivity index (χ1v) is 8.47. The van der Waals surface area contributed by atoms with Gasteiger partial charge in [0, 0.05) is 23.4 Å². The van der Waals surface area contributed by atoms with E-state index in [0.717, 1.165) is 0 Å². The molecule has 0 spiro atoms. The van der Waals surface area contributed by atoms with Gasteiger partial charge in [0.15, 0.2) is 0 Å². The second-order valence-corrected chi connectivity index (χ2v) is 6.32. The topological polar surface area (TPSA) is 87.3 Å². The largest absolute Gasteiger partial charge is 0.343 e. The number of anilines is 2. The third-order valence-corrected chi connectivity index (χ3v) is 3.49. The van der Waals surface area contributed by atoms with Crippen molar-refractivity contribution >= 4 is 29.1 Å². The Labute approximate surface area is 153 Å². The van der Waals surface area contributed by atoms with Gasteiger partial charge in [-0.2, -0.15) is 0 Å². The third kappa shape index (κ3) is 6.39. The van der Waals surface area contributed by atoms with Crippen molar-refractivity contribution in [1.82, 2.24) is 5.32 Å². The van der Waals surface area contributed by atoms with Crippen molar-refractivity contribution in [3.8, 4) is 0 Å². The molecule has 0 fully saturated rings. The second kappa shape index (κ2) is 9.36. The normalized spacial score (nSPS) is 10.3. The van der Waals surface area contributed by atoms with Gasteiger partial charge in [-0.1, -0.05) is 32.0 Å². The molecule has 0 saturated heterocycles. The van der Waals surface area contributed by atoms with Crippen LogP contribution >= 0.6 is 0 Å². The second-order valence-electron chi connectivity index (χ2n) is 6.32. The molecule has 0 aliphatic heterocycles. The molecule has 0 unspecified atom stereocenters. The summed E-state index contributed by atoms with van der Waals surface area (Å²) in [5.41, 5.74) is 1.76. The van der Waals surface area contributed by atoms with Crippen molar-refractivity contribution in [2.24, 2.45) is 5.92 Å². The minimum atomic E-state index is -0.328. The molecule has 136 valence electrons. The average molecular weight is 353 g/mol. The quantitative estimate of drug-likeness (QED) is 0.715. The van der Waals surface area contributed by atoms with E-state index < -0.39 is 0 Å². The fourth-order valence-electron chi connectivity index (χ4n) is 2.28. The molecule has 0 aliphatic carbocycles. The first kappa shape index (κ1) is 19.2. The summed E-state index contributed by atoms with van der Waals surface area (Å²) in [5, 5.41) is 8.07. The van der Waals surface area contributed by atoms with Crippen molar-refractivity contribution in [2.75, 3.05) is 17.2 Å². The maximum atomic E-state index is 11.9. The SMILES string of the molecule is CC(C)CC(=O)Nc1ccc(NC(=O)CNC(=O)c2ccccc2)cc1. The predicted molar refractivity (Wildman–Crippen MR) is 102 cm³/mol. The number of benzene rings is 2. The van der Waals surface area contributed by atoms with E-state index >= 15 is 0 Å². The van der Waals surface area contributed by atoms with Gasteiger partial charge < -0.3 is 16.0 Å². The molecule has 2 aromatic rings. The van der Waals surface area contributed by atoms with Gasteiger partial charge in [0.05, 0.1) is 6.54 Å². The number of amides is 3. The summed E-state index contributed by atoms with van der Waals surface area (Å²) in [5.74, 6) is -0.380. The molecule has 6 nitrogen and oxygen atoms in total. The zero-order chi connectivity index (χ0) is 18.9. The van der Waals surface area contributed by atoms with Crippen LogP contribution in [0.3, 0.4) is 0 Å². The highest BCUT2D eigenvalue weighted by molar-refractivity contribution is 5.99. The first-order chi connectivity index (χ1) is 12.4. The van der Waals surface area contributed by atoms with Gasteiger partial charge in [-0.3, -0.25) is 14.4 Å². The highest BCUT2D eigenvalue weighted by atomic mass is 16.2. The van der Waals surface area contributed by atoms with E-state index in [1.165, 1.54) is 0 Å². The van der Waals surface area contributed by atoms with E-state index in [9.17, 15) is 14.4 Å². The maximum absolute atomic E-state index is 11.9. The fourth-order valence-corrected chi connectivity index (χ4v) is 2.28. The van der Waals surface area contributed by atoms with Crippen molar-refractivity contribution in [3.05, 3.63) is 60.2 Å². The molecular formula is C20H23N3O3. The van der Waals surface area contributed by atoms with Crippen molar-refractivity contribution in [3.63, 3.8) is 0 Å². The van der Waals surface area contributed by atoms with Gasteiger partial charge in [-0.25, -0.2) is 0 Å². The molecule has 0 saturated carbocycles. The number of carbonyl (C=O) groups excluding carboxylic acids is 3. The van der Waals surface area contributed by atoms with Gasteiger partial charge in [-0.05, 0) is 42.3 Å². The Morgan fingerprint density at radius 2 is 1.35 bits per heavy atom. The Morgan fingerprint density at radius 3 is 1.88 bits per heavy atom. The highest BCUT2D eigenvalue weighted by Gasteiger charge is 2.08. The molecule has 0 radical (unpaired) electrons. The van der Waals surface area contributed by atoms with E-state index in [4.69, 9.17) is 0 Å². The Kier molecular flexibility index (Phi) is 6.91. The molecule has 2 rings (SSSR count). The van der Waals surface area contributed by atoms with Gasteiger partial charge in [-0.15, -0.1) is 0 Å². The van der Waals surface area contributed by atoms with Gasteiger partial charge in [0.25, 0.3) is 5.91 Å². The Morgan fingerprint density at radius 1 is 0.808 bits per heavy atom. The van der Waals surface area contributed by atoms with Crippen LogP contribution in [-0.4, -0.2) is 24.3 Å². The molecule has 26 heavy (non-hydrogen) atoms. The van der Waals surface area contributed by atoms with Gasteiger partial charge >= 0.3 is 0 Å². The number of hydrogen-bond acceptors (Lipinski definition) is 3. The predicted octanol–water partition coefficient (Wildman–Crippen LogP) is 3.04. The lowest BCUT2D eigenvalue weighted by atomic mass is 10.1. The Bertz CT molecular complexity index is 756. The molecular weight excluding hydrogens is 330 g/mol. The zero-order valence-electron chi connectivity index (χ0n) is 14.9. The molecule has 6 heteroatoms. The molecule has 0 aromatic heterocycles. The first-order valence-electron chi connectivity index (χ1n) is 8.47. The van der Waals surface area contributed by atoms with Crippen LogP contribution in [0.25, 0.3) is 0 Å². The number of hydrogen-bond donors (Lipinski definition) is 3. The van der Waals surface area contributed by atoms with Crippen LogP contribution in [0.2, 0.25) is 0 Å². The zero-order valence-corrected chi connectivity index (χ0v) is 14.9. The van der Waals surface area contributed by atoms with Crippen LogP contribution in [0.15, 0.2) is 54.6 Å². The molecule has 0 aliphatic rings. The molecule has 3 amide bonds. The molecule has 0 atom stereocenters. The molecule has 2 aromatic carbocycles. The molecule has 3 N–H and O–H groups in total. The molecule has 0 heterocycles. The van der Waals surface area contributed by atoms with E-state index in [0.29, 0.717) is 29.3 Å². The van der Waals surface area contributed by atoms with E-state index in [2.05, 4.69) is 16.0 Å². The summed E-state index contributed by atoms with van der Waals surface area (Å²) in [6.45, 7) is 3.84. The lowest BCUT2D eigenvalue weighted by molar-refractivity contribution is -0.117. The minimum absolute atomic E-state index is 0.0413. The van der Waals surface area contributed by atoms with Crippen LogP contribution in [0.1, 0.15) is 30.6 Å². The summed E-state index contributed by atoms with van der Waals surface area (Å²) < 4.78 is 0. The Hall–Kier alpha value is -3.15. The van der Waals surface area contributed by atoms with Crippen LogP contribution in [0, 0.1) is 5.92 Å². The minimum Gasteiger partial charge on any atom is -0.343 e. The Balaban J connectivity index is 1.80. The van der Waals surface area contributed by atoms with E-state index in [-0.39, 0.29) is 24.3 Å². The highest BCUT2D eigenvalue weighted by Crippen LogP contribution is 2.14. The standard InChI is InChI=1S/C20H23N3O3/c1-14(2)12-18(24)22-16-8-10-17(11-9-16)23-19(25)13-21-20(26)15-6-4-3-5-7-15/h3-11,14H,12-13H2,1-2H3,(H,21,26)(H,22,24)(H,23,25).